The molecule has 1 atom stereocenters. The Balaban J connectivity index is 1.94. The predicted molar refractivity (Wildman–Crippen MR) is 77.9 cm³/mol. The lowest BCUT2D eigenvalue weighted by Crippen LogP contribution is -2.33. The fourth-order valence-corrected chi connectivity index (χ4v) is 3.40. The van der Waals surface area contributed by atoms with Gasteiger partial charge in [0.05, 0.1) is 11.5 Å². The van der Waals surface area contributed by atoms with Crippen LogP contribution < -0.4 is 10.5 Å². The lowest BCUT2D eigenvalue weighted by molar-refractivity contribution is 0.0568. The van der Waals surface area contributed by atoms with E-state index in [-0.39, 0.29) is 5.92 Å². The molecular weight excluding hydrogens is 276 g/mol. The molecule has 1 aromatic carbocycles. The molecule has 0 bridgehead atoms. The number of ether oxygens (including phenoxy) is 1. The largest absolute Gasteiger partial charge is 0.381 e. The van der Waals surface area contributed by atoms with Crippen LogP contribution in [0, 0.1) is 5.92 Å². The van der Waals surface area contributed by atoms with Crippen molar-refractivity contribution in [2.45, 2.75) is 24.2 Å². The van der Waals surface area contributed by atoms with Crippen LogP contribution in [0.4, 0.5) is 0 Å². The third kappa shape index (κ3) is 4.28. The van der Waals surface area contributed by atoms with Gasteiger partial charge < -0.3 is 10.5 Å². The molecule has 112 valence electrons. The van der Waals surface area contributed by atoms with Crippen LogP contribution in [0.15, 0.2) is 29.2 Å². The Morgan fingerprint density at radius 2 is 2.05 bits per heavy atom. The molecule has 0 amide bonds. The molecule has 0 spiro atoms. The molecule has 1 aliphatic rings. The normalized spacial score (nSPS) is 19.9. The Labute approximate surface area is 120 Å². The van der Waals surface area contributed by atoms with Crippen LogP contribution in [-0.2, 0) is 21.2 Å². The van der Waals surface area contributed by atoms with Crippen molar-refractivity contribution in [3.63, 3.8) is 0 Å². The summed E-state index contributed by atoms with van der Waals surface area (Å²) in [6.45, 7) is 2.42. The molecule has 0 aromatic heterocycles. The summed E-state index contributed by atoms with van der Waals surface area (Å²) in [6, 6.07) is 6.88. The van der Waals surface area contributed by atoms with Crippen LogP contribution in [0.1, 0.15) is 18.4 Å². The van der Waals surface area contributed by atoms with Crippen LogP contribution >= 0.6 is 0 Å². The number of rotatable bonds is 6. The summed E-state index contributed by atoms with van der Waals surface area (Å²) in [6.07, 6.45) is 2.77. The highest BCUT2D eigenvalue weighted by Gasteiger charge is 2.19. The number of sulfonamides is 1. The van der Waals surface area contributed by atoms with E-state index in [1.807, 2.05) is 12.1 Å². The van der Waals surface area contributed by atoms with Gasteiger partial charge in [-0.15, -0.1) is 0 Å². The van der Waals surface area contributed by atoms with E-state index in [1.165, 1.54) is 0 Å². The molecule has 0 radical (unpaired) electrons. The van der Waals surface area contributed by atoms with Crippen molar-refractivity contribution >= 4 is 10.0 Å². The summed E-state index contributed by atoms with van der Waals surface area (Å²) in [5, 5.41) is 0. The lowest BCUT2D eigenvalue weighted by Gasteiger charge is -2.22. The van der Waals surface area contributed by atoms with E-state index in [4.69, 9.17) is 10.5 Å². The highest BCUT2D eigenvalue weighted by molar-refractivity contribution is 7.89. The van der Waals surface area contributed by atoms with Crippen LogP contribution in [0.25, 0.3) is 0 Å². The summed E-state index contributed by atoms with van der Waals surface area (Å²) in [7, 11) is -3.43. The maximum absolute atomic E-state index is 12.2. The fraction of sp³-hybridized carbons (Fsp3) is 0.571. The van der Waals surface area contributed by atoms with Crippen LogP contribution in [0.3, 0.4) is 0 Å². The zero-order valence-electron chi connectivity index (χ0n) is 11.5. The Bertz CT molecular complexity index is 508. The highest BCUT2D eigenvalue weighted by Crippen LogP contribution is 2.15. The number of benzene rings is 1. The van der Waals surface area contributed by atoms with Gasteiger partial charge in [-0.1, -0.05) is 12.1 Å². The van der Waals surface area contributed by atoms with Crippen molar-refractivity contribution in [1.29, 1.82) is 0 Å². The second-order valence-electron chi connectivity index (χ2n) is 5.12. The van der Waals surface area contributed by atoms with E-state index in [1.54, 1.807) is 12.1 Å². The average molecular weight is 298 g/mol. The molecule has 5 nitrogen and oxygen atoms in total. The predicted octanol–water partition coefficient (Wildman–Crippen LogP) is 0.893. The Morgan fingerprint density at radius 1 is 1.30 bits per heavy atom. The molecule has 6 heteroatoms. The van der Waals surface area contributed by atoms with E-state index in [9.17, 15) is 8.42 Å². The molecule has 1 heterocycles. The summed E-state index contributed by atoms with van der Waals surface area (Å²) in [5.41, 5.74) is 6.52. The minimum atomic E-state index is -3.43. The maximum atomic E-state index is 12.2. The average Bonchev–Trinajstić information content (AvgIpc) is 2.47. The first kappa shape index (κ1) is 15.4. The third-order valence-electron chi connectivity index (χ3n) is 3.48. The maximum Gasteiger partial charge on any atom is 0.240 e. The van der Waals surface area contributed by atoms with Crippen molar-refractivity contribution < 1.29 is 13.2 Å². The van der Waals surface area contributed by atoms with Gasteiger partial charge >= 0.3 is 0 Å². The zero-order valence-corrected chi connectivity index (χ0v) is 12.4. The number of nitrogens with one attached hydrogen (secondary N) is 1. The van der Waals surface area contributed by atoms with Gasteiger partial charge in [0, 0.05) is 13.2 Å². The first-order valence-electron chi connectivity index (χ1n) is 6.98. The van der Waals surface area contributed by atoms with Crippen molar-refractivity contribution in [3.8, 4) is 0 Å². The SMILES string of the molecule is NCCc1ccc(S(=O)(=O)NCC2CCCOC2)cc1. The molecule has 1 saturated heterocycles. The molecule has 1 fully saturated rings. The van der Waals surface area contributed by atoms with E-state index in [0.717, 1.165) is 31.4 Å². The molecule has 1 aromatic rings. The monoisotopic (exact) mass is 298 g/mol. The van der Waals surface area contributed by atoms with Crippen LogP contribution in [-0.4, -0.2) is 34.7 Å². The third-order valence-corrected chi connectivity index (χ3v) is 4.92. The van der Waals surface area contributed by atoms with Crippen molar-refractivity contribution in [1.82, 2.24) is 4.72 Å². The van der Waals surface area contributed by atoms with Crippen LogP contribution in [0.5, 0.6) is 0 Å². The van der Waals surface area contributed by atoms with E-state index < -0.39 is 10.0 Å². The Hall–Kier alpha value is -0.950. The highest BCUT2D eigenvalue weighted by atomic mass is 32.2. The van der Waals surface area contributed by atoms with Gasteiger partial charge in [-0.25, -0.2) is 13.1 Å². The van der Waals surface area contributed by atoms with Gasteiger partial charge in [-0.05, 0) is 49.4 Å². The van der Waals surface area contributed by atoms with E-state index in [2.05, 4.69) is 4.72 Å². The smallest absolute Gasteiger partial charge is 0.240 e. The van der Waals surface area contributed by atoms with E-state index >= 15 is 0 Å². The first-order valence-corrected chi connectivity index (χ1v) is 8.46. The number of nitrogens with two attached hydrogens (primary N) is 1. The summed E-state index contributed by atoms with van der Waals surface area (Å²) in [5.74, 6) is 0.273. The zero-order chi connectivity index (χ0) is 14.4. The quantitative estimate of drug-likeness (QED) is 0.817. The molecule has 1 unspecified atom stereocenters. The van der Waals surface area contributed by atoms with Crippen LogP contribution in [0.2, 0.25) is 0 Å². The van der Waals surface area contributed by atoms with Gasteiger partial charge in [-0.3, -0.25) is 0 Å². The van der Waals surface area contributed by atoms with Crippen molar-refractivity contribution in [2.75, 3.05) is 26.3 Å². The van der Waals surface area contributed by atoms with E-state index in [0.29, 0.717) is 24.6 Å². The summed E-state index contributed by atoms with van der Waals surface area (Å²) >= 11 is 0. The second-order valence-corrected chi connectivity index (χ2v) is 6.88. The standard InChI is InChI=1S/C14H22N2O3S/c15-8-7-12-3-5-14(6-4-12)20(17,18)16-10-13-2-1-9-19-11-13/h3-6,13,16H,1-2,7-11,15H2. The topological polar surface area (TPSA) is 81.4 Å². The number of hydrogen-bond acceptors (Lipinski definition) is 4. The molecule has 20 heavy (non-hydrogen) atoms. The Kier molecular flexibility index (Phi) is 5.54. The molecule has 0 saturated carbocycles. The minimum absolute atomic E-state index is 0.273. The van der Waals surface area contributed by atoms with Gasteiger partial charge in [-0.2, -0.15) is 0 Å². The number of hydrogen-bond donors (Lipinski definition) is 2. The summed E-state index contributed by atoms with van der Waals surface area (Å²) < 4.78 is 32.3. The van der Waals surface area contributed by atoms with Gasteiger partial charge in [0.15, 0.2) is 0 Å². The molecule has 0 aliphatic carbocycles. The molecular formula is C14H22N2O3S. The van der Waals surface area contributed by atoms with Gasteiger partial charge in [0.1, 0.15) is 0 Å². The Morgan fingerprint density at radius 3 is 2.65 bits per heavy atom. The molecule has 3 N–H and O–H groups in total. The van der Waals surface area contributed by atoms with Gasteiger partial charge in [0.25, 0.3) is 0 Å². The first-order chi connectivity index (χ1) is 9.62. The fourth-order valence-electron chi connectivity index (χ4n) is 2.28. The van der Waals surface area contributed by atoms with Crippen molar-refractivity contribution in [2.24, 2.45) is 11.7 Å². The van der Waals surface area contributed by atoms with Gasteiger partial charge in [0.2, 0.25) is 10.0 Å². The van der Waals surface area contributed by atoms with Crippen molar-refractivity contribution in [3.05, 3.63) is 29.8 Å². The minimum Gasteiger partial charge on any atom is -0.381 e. The summed E-state index contributed by atoms with van der Waals surface area (Å²) in [4.78, 5) is 0.301. The lowest BCUT2D eigenvalue weighted by atomic mass is 10.0. The molecule has 1 aliphatic heterocycles. The molecule has 2 rings (SSSR count). The second kappa shape index (κ2) is 7.17.